The summed E-state index contributed by atoms with van der Waals surface area (Å²) in [7, 11) is 0. The predicted molar refractivity (Wildman–Crippen MR) is 111 cm³/mol. The fraction of sp³-hybridized carbons (Fsp3) is 0.350. The Hall–Kier alpha value is -2.46. The monoisotopic (exact) mass is 419 g/mol. The highest BCUT2D eigenvalue weighted by Gasteiger charge is 2.17. The van der Waals surface area contributed by atoms with E-state index in [2.05, 4.69) is 14.9 Å². The van der Waals surface area contributed by atoms with Crippen molar-refractivity contribution in [3.05, 3.63) is 54.6 Å². The van der Waals surface area contributed by atoms with Crippen LogP contribution in [0.1, 0.15) is 12.8 Å². The van der Waals surface area contributed by atoms with Gasteiger partial charge in [0, 0.05) is 38.3 Å². The lowest BCUT2D eigenvalue weighted by molar-refractivity contribution is -0.134. The van der Waals surface area contributed by atoms with E-state index in [4.69, 9.17) is 14.0 Å². The molecule has 1 saturated heterocycles. The van der Waals surface area contributed by atoms with Crippen LogP contribution in [0.15, 0.2) is 54.6 Å². The van der Waals surface area contributed by atoms with Crippen molar-refractivity contribution in [3.8, 4) is 11.5 Å². The molecule has 2 aromatic carbocycles. The highest BCUT2D eigenvalue weighted by molar-refractivity contribution is 7.77. The van der Waals surface area contributed by atoms with Crippen molar-refractivity contribution >= 4 is 22.9 Å². The summed E-state index contributed by atoms with van der Waals surface area (Å²) in [4.78, 5) is 14.3. The lowest BCUT2D eigenvalue weighted by atomic mass is 10.2. The smallest absolute Gasteiger partial charge is 0.311 e. The molecule has 0 bridgehead atoms. The number of esters is 1. The minimum atomic E-state index is -2.27. The first-order chi connectivity index (χ1) is 14.1. The van der Waals surface area contributed by atoms with E-state index in [0.717, 1.165) is 31.9 Å². The number of rotatable bonds is 9. The van der Waals surface area contributed by atoms with E-state index in [1.54, 1.807) is 24.3 Å². The summed E-state index contributed by atoms with van der Waals surface area (Å²) in [5.74, 6) is 0.560. The topological polar surface area (TPSA) is 100 Å². The molecule has 1 aliphatic heterocycles. The molecular formula is C20H25N3O5S. The van der Waals surface area contributed by atoms with Crippen LogP contribution >= 0.6 is 0 Å². The minimum absolute atomic E-state index is 0.0304. The minimum Gasteiger partial charge on any atom is -0.474 e. The molecule has 3 rings (SSSR count). The molecule has 8 nitrogen and oxygen atoms in total. The van der Waals surface area contributed by atoms with E-state index in [9.17, 15) is 9.00 Å². The molecular weight excluding hydrogens is 394 g/mol. The number of hydrogen-bond donors (Lipinski definition) is 3. The Bertz CT molecular complexity index is 798. The lowest BCUT2D eigenvalue weighted by Crippen LogP contribution is -2.43. The maximum absolute atomic E-state index is 12.0. The molecule has 0 amide bonds. The summed E-state index contributed by atoms with van der Waals surface area (Å²) in [5.41, 5.74) is 1.10. The van der Waals surface area contributed by atoms with Crippen molar-refractivity contribution in [1.82, 2.24) is 10.0 Å². The average Bonchev–Trinajstić information content (AvgIpc) is 2.73. The van der Waals surface area contributed by atoms with Crippen molar-refractivity contribution < 1.29 is 23.0 Å². The second-order valence-electron chi connectivity index (χ2n) is 6.53. The summed E-state index contributed by atoms with van der Waals surface area (Å²) in [6, 6.07) is 16.3. The number of nitrogens with one attached hydrogen (secondary N) is 2. The number of anilines is 1. The Morgan fingerprint density at radius 2 is 1.79 bits per heavy atom. The average molecular weight is 420 g/mol. The van der Waals surface area contributed by atoms with Crippen LogP contribution in [0.2, 0.25) is 0 Å². The van der Waals surface area contributed by atoms with Gasteiger partial charge in [0.1, 0.15) is 11.5 Å². The van der Waals surface area contributed by atoms with Crippen LogP contribution in [-0.4, -0.2) is 47.1 Å². The lowest BCUT2D eigenvalue weighted by Gasteiger charge is -2.29. The van der Waals surface area contributed by atoms with Gasteiger partial charge in [-0.15, -0.1) is 0 Å². The number of benzene rings is 2. The first-order valence-electron chi connectivity index (χ1n) is 9.45. The summed E-state index contributed by atoms with van der Waals surface area (Å²) in [6.45, 7) is 3.78. The Labute approximate surface area is 172 Å². The van der Waals surface area contributed by atoms with Gasteiger partial charge in [-0.3, -0.25) is 9.35 Å². The van der Waals surface area contributed by atoms with E-state index in [1.165, 1.54) is 0 Å². The number of carbonyl (C=O) groups excluding carboxylic acids is 1. The number of ether oxygens (including phenoxy) is 2. The fourth-order valence-electron chi connectivity index (χ4n) is 3.00. The number of piperazine rings is 1. The molecule has 0 spiro atoms. The van der Waals surface area contributed by atoms with Gasteiger partial charge in [-0.25, -0.2) is 4.21 Å². The number of carbonyl (C=O) groups is 1. The molecule has 0 radical (unpaired) electrons. The highest BCUT2D eigenvalue weighted by atomic mass is 32.2. The molecule has 3 N–H and O–H groups in total. The van der Waals surface area contributed by atoms with Crippen molar-refractivity contribution in [2.75, 3.05) is 31.1 Å². The maximum atomic E-state index is 12.0. The molecule has 0 aliphatic carbocycles. The van der Waals surface area contributed by atoms with Gasteiger partial charge in [0.25, 0.3) is 0 Å². The molecule has 2 atom stereocenters. The molecule has 29 heavy (non-hydrogen) atoms. The SMILES string of the molecule is O=C(CCC(NS(=O)O)Oc1ccc(N2CCNCC2)cc1)Oc1ccccc1. The summed E-state index contributed by atoms with van der Waals surface area (Å²) < 4.78 is 33.8. The van der Waals surface area contributed by atoms with Gasteiger partial charge >= 0.3 is 5.97 Å². The molecule has 1 aliphatic rings. The van der Waals surface area contributed by atoms with Crippen LogP contribution in [-0.2, 0) is 16.1 Å². The second-order valence-corrected chi connectivity index (χ2v) is 7.26. The van der Waals surface area contributed by atoms with Gasteiger partial charge in [-0.1, -0.05) is 18.2 Å². The standard InChI is InChI=1S/C20H25N3O5S/c24-20(28-17-4-2-1-3-5-17)11-10-19(22-29(25)26)27-18-8-6-16(7-9-18)23-14-12-21-13-15-23/h1-9,19,21-22H,10-15H2,(H,25,26). The van der Waals surface area contributed by atoms with Gasteiger partial charge in [-0.2, -0.15) is 4.72 Å². The summed E-state index contributed by atoms with van der Waals surface area (Å²) in [5, 5.41) is 3.31. The Morgan fingerprint density at radius 3 is 2.45 bits per heavy atom. The Kier molecular flexibility index (Phi) is 8.00. The molecule has 2 aromatic rings. The van der Waals surface area contributed by atoms with Gasteiger partial charge in [0.05, 0.1) is 6.42 Å². The second kappa shape index (κ2) is 10.9. The third-order valence-corrected chi connectivity index (χ3v) is 4.88. The van der Waals surface area contributed by atoms with Gasteiger partial charge in [0.15, 0.2) is 6.23 Å². The quantitative estimate of drug-likeness (QED) is 0.247. The van der Waals surface area contributed by atoms with Crippen LogP contribution < -0.4 is 24.4 Å². The zero-order chi connectivity index (χ0) is 20.5. The maximum Gasteiger partial charge on any atom is 0.311 e. The first kappa shape index (κ1) is 21.3. The van der Waals surface area contributed by atoms with E-state index >= 15 is 0 Å². The van der Waals surface area contributed by atoms with Crippen molar-refractivity contribution in [2.24, 2.45) is 0 Å². The van der Waals surface area contributed by atoms with Gasteiger partial charge in [-0.05, 0) is 36.4 Å². The van der Waals surface area contributed by atoms with Crippen LogP contribution in [0.3, 0.4) is 0 Å². The van der Waals surface area contributed by atoms with Crippen LogP contribution in [0.25, 0.3) is 0 Å². The van der Waals surface area contributed by atoms with E-state index in [0.29, 0.717) is 11.5 Å². The normalized spacial score (nSPS) is 16.1. The zero-order valence-electron chi connectivity index (χ0n) is 16.0. The summed E-state index contributed by atoms with van der Waals surface area (Å²) in [6.07, 6.45) is -0.602. The number of nitrogens with zero attached hydrogens (tertiary/aromatic N) is 1. The van der Waals surface area contributed by atoms with Gasteiger partial charge in [0.2, 0.25) is 11.3 Å². The highest BCUT2D eigenvalue weighted by Crippen LogP contribution is 2.21. The molecule has 0 aromatic heterocycles. The zero-order valence-corrected chi connectivity index (χ0v) is 16.8. The summed E-state index contributed by atoms with van der Waals surface area (Å²) >= 11 is -2.27. The van der Waals surface area contributed by atoms with Crippen molar-refractivity contribution in [2.45, 2.75) is 19.1 Å². The van der Waals surface area contributed by atoms with Crippen LogP contribution in [0.5, 0.6) is 11.5 Å². The molecule has 9 heteroatoms. The molecule has 1 heterocycles. The first-order valence-corrected chi connectivity index (χ1v) is 10.6. The largest absolute Gasteiger partial charge is 0.474 e. The Morgan fingerprint density at radius 1 is 1.10 bits per heavy atom. The van der Waals surface area contributed by atoms with Crippen LogP contribution in [0, 0.1) is 0 Å². The van der Waals surface area contributed by atoms with E-state index in [1.807, 2.05) is 30.3 Å². The number of para-hydroxylation sites is 1. The van der Waals surface area contributed by atoms with Crippen LogP contribution in [0.4, 0.5) is 5.69 Å². The van der Waals surface area contributed by atoms with E-state index < -0.39 is 23.5 Å². The van der Waals surface area contributed by atoms with Gasteiger partial charge < -0.3 is 19.7 Å². The molecule has 1 fully saturated rings. The van der Waals surface area contributed by atoms with E-state index in [-0.39, 0.29) is 12.8 Å². The predicted octanol–water partition coefficient (Wildman–Crippen LogP) is 1.91. The fourth-order valence-corrected chi connectivity index (χ4v) is 3.39. The third kappa shape index (κ3) is 7.13. The van der Waals surface area contributed by atoms with Crippen molar-refractivity contribution in [1.29, 1.82) is 0 Å². The number of hydrogen-bond acceptors (Lipinski definition) is 6. The Balaban J connectivity index is 1.54. The third-order valence-electron chi connectivity index (χ3n) is 4.42. The molecule has 156 valence electrons. The molecule has 2 unspecified atom stereocenters. The molecule has 0 saturated carbocycles. The van der Waals surface area contributed by atoms with Crippen molar-refractivity contribution in [3.63, 3.8) is 0 Å².